The zero-order valence-corrected chi connectivity index (χ0v) is 18.0. The van der Waals surface area contributed by atoms with E-state index in [2.05, 4.69) is 80.1 Å². The zero-order valence-electron chi connectivity index (χ0n) is 16.4. The molecule has 5 nitrogen and oxygen atoms in total. The topological polar surface area (TPSA) is 55.4 Å². The minimum Gasteiger partial charge on any atom is -0.393 e. The van der Waals surface area contributed by atoms with Crippen molar-refractivity contribution in [2.75, 3.05) is 36.0 Å². The van der Waals surface area contributed by atoms with E-state index < -0.39 is 6.10 Å². The molecule has 0 bridgehead atoms. The minimum absolute atomic E-state index is 0.0466. The molecule has 2 atom stereocenters. The van der Waals surface area contributed by atoms with Gasteiger partial charge in [-0.1, -0.05) is 22.9 Å². The second kappa shape index (κ2) is 8.13. The molecular weight excluding hydrogens is 416 g/mol. The number of anilines is 2. The number of halogens is 1. The highest BCUT2D eigenvalue weighted by Gasteiger charge is 2.21. The van der Waals surface area contributed by atoms with E-state index >= 15 is 0 Å². The van der Waals surface area contributed by atoms with E-state index in [1.165, 1.54) is 11.4 Å². The molecule has 1 aliphatic rings. The first-order valence-corrected chi connectivity index (χ1v) is 10.8. The fourth-order valence-electron chi connectivity index (χ4n) is 4.02. The number of aromatic nitrogens is 2. The highest BCUT2D eigenvalue weighted by atomic mass is 79.9. The molecule has 1 saturated heterocycles. The molecule has 2 unspecified atom stereocenters. The van der Waals surface area contributed by atoms with Crippen LogP contribution in [0, 0.1) is 0 Å². The Morgan fingerprint density at radius 1 is 1.04 bits per heavy atom. The van der Waals surface area contributed by atoms with Gasteiger partial charge >= 0.3 is 0 Å². The lowest BCUT2D eigenvalue weighted by Gasteiger charge is -2.37. The number of piperazine rings is 1. The summed E-state index contributed by atoms with van der Waals surface area (Å²) in [7, 11) is 0. The van der Waals surface area contributed by atoms with Gasteiger partial charge in [0.25, 0.3) is 0 Å². The maximum absolute atomic E-state index is 10.0. The molecule has 1 aliphatic heterocycles. The average Bonchev–Trinajstić information content (AvgIpc) is 3.11. The van der Waals surface area contributed by atoms with Gasteiger partial charge in [-0.2, -0.15) is 0 Å². The monoisotopic (exact) mass is 442 g/mol. The van der Waals surface area contributed by atoms with E-state index in [9.17, 15) is 5.11 Å². The number of H-pyrrole nitrogens is 1. The third kappa shape index (κ3) is 3.89. The Bertz CT molecular complexity index is 929. The van der Waals surface area contributed by atoms with Crippen molar-refractivity contribution < 1.29 is 5.11 Å². The Morgan fingerprint density at radius 2 is 1.64 bits per heavy atom. The van der Waals surface area contributed by atoms with E-state index in [0.29, 0.717) is 0 Å². The van der Waals surface area contributed by atoms with Gasteiger partial charge in [-0.25, -0.2) is 4.98 Å². The Labute approximate surface area is 174 Å². The molecule has 0 spiro atoms. The smallest absolute Gasteiger partial charge is 0.112 e. The van der Waals surface area contributed by atoms with Crippen LogP contribution < -0.4 is 9.80 Å². The molecule has 6 heteroatoms. The standard InChI is InChI=1S/C22H27BrN4O/c1-3-19(15(2)28)22-24-20-9-8-18(14-21(20)25-22)27-12-10-26(11-13-27)17-6-4-16(23)5-7-17/h4-9,14-15,19,28H,3,10-13H2,1-2H3,(H,24,25). The molecule has 0 radical (unpaired) electrons. The second-order valence-electron chi connectivity index (χ2n) is 7.53. The summed E-state index contributed by atoms with van der Waals surface area (Å²) in [5.74, 6) is 0.926. The fourth-order valence-corrected chi connectivity index (χ4v) is 4.29. The van der Waals surface area contributed by atoms with Crippen molar-refractivity contribution in [1.29, 1.82) is 0 Å². The lowest BCUT2D eigenvalue weighted by atomic mass is 10.0. The van der Waals surface area contributed by atoms with Crippen LogP contribution in [0.15, 0.2) is 46.9 Å². The first kappa shape index (κ1) is 19.3. The summed E-state index contributed by atoms with van der Waals surface area (Å²) < 4.78 is 1.11. The summed E-state index contributed by atoms with van der Waals surface area (Å²) in [4.78, 5) is 13.0. The molecule has 2 N–H and O–H groups in total. The van der Waals surface area contributed by atoms with Crippen LogP contribution in [0.2, 0.25) is 0 Å². The number of benzene rings is 2. The van der Waals surface area contributed by atoms with Gasteiger partial charge in [-0.05, 0) is 55.8 Å². The van der Waals surface area contributed by atoms with Crippen LogP contribution in [-0.4, -0.2) is 47.4 Å². The number of fused-ring (bicyclic) bond motifs is 1. The van der Waals surface area contributed by atoms with Gasteiger partial charge in [0.15, 0.2) is 0 Å². The number of hydrogen-bond donors (Lipinski definition) is 2. The van der Waals surface area contributed by atoms with Crippen molar-refractivity contribution in [3.05, 3.63) is 52.8 Å². The van der Waals surface area contributed by atoms with Crippen molar-refractivity contribution in [3.63, 3.8) is 0 Å². The van der Waals surface area contributed by atoms with E-state index in [-0.39, 0.29) is 5.92 Å². The Balaban J connectivity index is 1.48. The number of aliphatic hydroxyl groups is 1. The van der Waals surface area contributed by atoms with Crippen molar-refractivity contribution >= 4 is 38.3 Å². The largest absolute Gasteiger partial charge is 0.393 e. The predicted molar refractivity (Wildman–Crippen MR) is 119 cm³/mol. The summed E-state index contributed by atoms with van der Waals surface area (Å²) in [5.41, 5.74) is 4.50. The van der Waals surface area contributed by atoms with E-state index in [0.717, 1.165) is 53.9 Å². The van der Waals surface area contributed by atoms with Gasteiger partial charge < -0.3 is 19.9 Å². The number of rotatable bonds is 5. The SMILES string of the molecule is CCC(c1nc2cc(N3CCN(c4ccc(Br)cc4)CC3)ccc2[nH]1)C(C)O. The molecule has 1 aromatic heterocycles. The van der Waals surface area contributed by atoms with E-state index in [1.807, 2.05) is 6.92 Å². The molecule has 4 rings (SSSR count). The molecule has 28 heavy (non-hydrogen) atoms. The Morgan fingerprint density at radius 3 is 2.25 bits per heavy atom. The third-order valence-electron chi connectivity index (χ3n) is 5.69. The van der Waals surface area contributed by atoms with E-state index in [1.54, 1.807) is 0 Å². The summed E-state index contributed by atoms with van der Waals surface area (Å²) in [6.07, 6.45) is 0.458. The van der Waals surface area contributed by atoms with Gasteiger partial charge in [0.05, 0.1) is 17.1 Å². The number of aromatic amines is 1. The van der Waals surface area contributed by atoms with Gasteiger partial charge in [-0.3, -0.25) is 0 Å². The van der Waals surface area contributed by atoms with Crippen molar-refractivity contribution in [1.82, 2.24) is 9.97 Å². The fraction of sp³-hybridized carbons (Fsp3) is 0.409. The first-order valence-electron chi connectivity index (χ1n) is 9.98. The number of aliphatic hydroxyl groups excluding tert-OH is 1. The Hall–Kier alpha value is -2.05. The predicted octanol–water partition coefficient (Wildman–Crippen LogP) is 4.53. The molecule has 148 valence electrons. The van der Waals surface area contributed by atoms with Gasteiger partial charge in [-0.15, -0.1) is 0 Å². The van der Waals surface area contributed by atoms with Crippen LogP contribution in [0.3, 0.4) is 0 Å². The average molecular weight is 443 g/mol. The number of nitrogens with zero attached hydrogens (tertiary/aromatic N) is 3. The summed E-state index contributed by atoms with van der Waals surface area (Å²) >= 11 is 3.50. The van der Waals surface area contributed by atoms with Gasteiger partial charge in [0.1, 0.15) is 5.82 Å². The normalized spacial score (nSPS) is 17.1. The molecule has 0 saturated carbocycles. The highest BCUT2D eigenvalue weighted by molar-refractivity contribution is 9.10. The zero-order chi connectivity index (χ0) is 19.7. The van der Waals surface area contributed by atoms with Crippen LogP contribution in [0.5, 0.6) is 0 Å². The number of imidazole rings is 1. The maximum atomic E-state index is 10.0. The van der Waals surface area contributed by atoms with Crippen LogP contribution in [0.4, 0.5) is 11.4 Å². The summed E-state index contributed by atoms with van der Waals surface area (Å²) in [5, 5.41) is 10.0. The van der Waals surface area contributed by atoms with Gasteiger partial charge in [0.2, 0.25) is 0 Å². The molecule has 2 heterocycles. The lowest BCUT2D eigenvalue weighted by molar-refractivity contribution is 0.156. The molecular formula is C22H27BrN4O. The highest BCUT2D eigenvalue weighted by Crippen LogP contribution is 2.27. The number of nitrogens with one attached hydrogen (secondary N) is 1. The molecule has 3 aromatic rings. The van der Waals surface area contributed by atoms with Crippen molar-refractivity contribution in [3.8, 4) is 0 Å². The van der Waals surface area contributed by atoms with Crippen LogP contribution >= 0.6 is 15.9 Å². The van der Waals surface area contributed by atoms with E-state index in [4.69, 9.17) is 4.98 Å². The van der Waals surface area contributed by atoms with Crippen LogP contribution in [0.1, 0.15) is 32.0 Å². The lowest BCUT2D eigenvalue weighted by Crippen LogP contribution is -2.46. The minimum atomic E-state index is -0.406. The first-order chi connectivity index (χ1) is 13.5. The van der Waals surface area contributed by atoms with Gasteiger partial charge in [0, 0.05) is 47.9 Å². The molecule has 2 aromatic carbocycles. The third-order valence-corrected chi connectivity index (χ3v) is 6.22. The quantitative estimate of drug-likeness (QED) is 0.609. The van der Waals surface area contributed by atoms with Crippen LogP contribution in [-0.2, 0) is 0 Å². The Kier molecular flexibility index (Phi) is 5.60. The second-order valence-corrected chi connectivity index (χ2v) is 8.45. The molecule has 0 aliphatic carbocycles. The molecule has 0 amide bonds. The summed E-state index contributed by atoms with van der Waals surface area (Å²) in [6, 6.07) is 15.0. The van der Waals surface area contributed by atoms with Crippen molar-refractivity contribution in [2.45, 2.75) is 32.3 Å². The molecule has 1 fully saturated rings. The van der Waals surface area contributed by atoms with Crippen LogP contribution in [0.25, 0.3) is 11.0 Å². The van der Waals surface area contributed by atoms with Crippen molar-refractivity contribution in [2.24, 2.45) is 0 Å². The summed E-state index contributed by atoms with van der Waals surface area (Å²) in [6.45, 7) is 7.91. The maximum Gasteiger partial charge on any atom is 0.112 e. The number of hydrogen-bond acceptors (Lipinski definition) is 4.